The predicted octanol–water partition coefficient (Wildman–Crippen LogP) is 3.57. The Hall–Kier alpha value is -3.46. The zero-order chi connectivity index (χ0) is 19.1. The summed E-state index contributed by atoms with van der Waals surface area (Å²) in [5.74, 6) is 0.879. The molecule has 0 aromatic heterocycles. The van der Waals surface area contributed by atoms with Crippen LogP contribution >= 0.6 is 0 Å². The fraction of sp³-hybridized carbons (Fsp3) is 0.200. The Morgan fingerprint density at radius 2 is 1.62 bits per heavy atom. The summed E-state index contributed by atoms with van der Waals surface area (Å²) < 4.78 is 15.9. The minimum atomic E-state index is -0.517. The third-order valence-electron chi connectivity index (χ3n) is 3.72. The molecule has 26 heavy (non-hydrogen) atoms. The molecule has 0 aliphatic carbocycles. The van der Waals surface area contributed by atoms with Gasteiger partial charge in [0.2, 0.25) is 0 Å². The van der Waals surface area contributed by atoms with E-state index < -0.39 is 5.91 Å². The third kappa shape index (κ3) is 4.33. The molecular weight excluding hydrogens is 332 g/mol. The van der Waals surface area contributed by atoms with Gasteiger partial charge < -0.3 is 19.5 Å². The highest BCUT2D eigenvalue weighted by atomic mass is 16.5. The zero-order valence-corrected chi connectivity index (χ0v) is 15.1. The van der Waals surface area contributed by atoms with Gasteiger partial charge in [0.1, 0.15) is 28.9 Å². The van der Waals surface area contributed by atoms with Crippen molar-refractivity contribution in [2.75, 3.05) is 26.6 Å². The van der Waals surface area contributed by atoms with E-state index in [2.05, 4.69) is 5.32 Å². The first-order valence-corrected chi connectivity index (χ1v) is 7.82. The SMILES string of the molecule is COc1cc(OC)c(/C=C(/C#N)C(=O)Nc2ccc(C)cc2)c(OC)c1. The molecule has 0 atom stereocenters. The summed E-state index contributed by atoms with van der Waals surface area (Å²) >= 11 is 0. The van der Waals surface area contributed by atoms with E-state index in [-0.39, 0.29) is 5.57 Å². The maximum absolute atomic E-state index is 12.4. The van der Waals surface area contributed by atoms with Gasteiger partial charge in [0, 0.05) is 17.8 Å². The number of nitrogens with zero attached hydrogens (tertiary/aromatic N) is 1. The highest BCUT2D eigenvalue weighted by molar-refractivity contribution is 6.10. The Bertz CT molecular complexity index is 839. The number of rotatable bonds is 6. The van der Waals surface area contributed by atoms with E-state index in [9.17, 15) is 10.1 Å². The molecule has 0 aliphatic heterocycles. The standard InChI is InChI=1S/C20H20N2O4/c1-13-5-7-15(8-6-13)22-20(23)14(12-21)9-17-18(25-3)10-16(24-2)11-19(17)26-4/h5-11H,1-4H3,(H,22,23)/b14-9-. The summed E-state index contributed by atoms with van der Waals surface area (Å²) in [4.78, 5) is 12.4. The Labute approximate surface area is 152 Å². The van der Waals surface area contributed by atoms with Crippen LogP contribution in [-0.2, 0) is 4.79 Å². The van der Waals surface area contributed by atoms with Gasteiger partial charge in [0.05, 0.1) is 26.9 Å². The molecular formula is C20H20N2O4. The number of nitriles is 1. The quantitative estimate of drug-likeness (QED) is 0.635. The van der Waals surface area contributed by atoms with Crippen molar-refractivity contribution in [3.8, 4) is 23.3 Å². The molecule has 0 heterocycles. The summed E-state index contributed by atoms with van der Waals surface area (Å²) in [7, 11) is 4.51. The van der Waals surface area contributed by atoms with E-state index in [4.69, 9.17) is 14.2 Å². The largest absolute Gasteiger partial charge is 0.496 e. The van der Waals surface area contributed by atoms with Crippen molar-refractivity contribution in [1.82, 2.24) is 0 Å². The number of ether oxygens (including phenoxy) is 3. The number of anilines is 1. The van der Waals surface area contributed by atoms with Crippen molar-refractivity contribution in [2.24, 2.45) is 0 Å². The lowest BCUT2D eigenvalue weighted by atomic mass is 10.1. The van der Waals surface area contributed by atoms with Crippen molar-refractivity contribution < 1.29 is 19.0 Å². The van der Waals surface area contributed by atoms with Crippen molar-refractivity contribution in [1.29, 1.82) is 5.26 Å². The van der Waals surface area contributed by atoms with Gasteiger partial charge in [-0.1, -0.05) is 17.7 Å². The molecule has 2 aromatic rings. The first-order chi connectivity index (χ1) is 12.5. The molecule has 0 fully saturated rings. The van der Waals surface area contributed by atoms with Crippen molar-refractivity contribution >= 4 is 17.7 Å². The number of amides is 1. The lowest BCUT2D eigenvalue weighted by Crippen LogP contribution is -2.13. The van der Waals surface area contributed by atoms with Crippen LogP contribution in [0, 0.1) is 18.3 Å². The normalized spacial score (nSPS) is 10.7. The highest BCUT2D eigenvalue weighted by Crippen LogP contribution is 2.35. The minimum absolute atomic E-state index is 0.0765. The predicted molar refractivity (Wildman–Crippen MR) is 99.5 cm³/mol. The first kappa shape index (κ1) is 18.9. The minimum Gasteiger partial charge on any atom is -0.496 e. The topological polar surface area (TPSA) is 80.6 Å². The molecule has 0 aliphatic rings. The molecule has 6 heteroatoms. The second-order valence-electron chi connectivity index (χ2n) is 5.44. The molecule has 1 N–H and O–H groups in total. The lowest BCUT2D eigenvalue weighted by Gasteiger charge is -2.13. The molecule has 6 nitrogen and oxygen atoms in total. The fourth-order valence-electron chi connectivity index (χ4n) is 2.30. The molecule has 134 valence electrons. The zero-order valence-electron chi connectivity index (χ0n) is 15.1. The van der Waals surface area contributed by atoms with Crippen LogP contribution in [0.4, 0.5) is 5.69 Å². The number of carbonyl (C=O) groups excluding carboxylic acids is 1. The fourth-order valence-corrected chi connectivity index (χ4v) is 2.30. The summed E-state index contributed by atoms with van der Waals surface area (Å²) in [6.45, 7) is 1.95. The maximum Gasteiger partial charge on any atom is 0.266 e. The van der Waals surface area contributed by atoms with Crippen molar-refractivity contribution in [3.63, 3.8) is 0 Å². The van der Waals surface area contributed by atoms with Crippen molar-refractivity contribution in [3.05, 3.63) is 53.1 Å². The second-order valence-corrected chi connectivity index (χ2v) is 5.44. The van der Waals surface area contributed by atoms with Crippen LogP contribution in [0.2, 0.25) is 0 Å². The van der Waals surface area contributed by atoms with Crippen molar-refractivity contribution in [2.45, 2.75) is 6.92 Å². The van der Waals surface area contributed by atoms with Crippen LogP contribution in [0.25, 0.3) is 6.08 Å². The van der Waals surface area contributed by atoms with E-state index in [1.165, 1.54) is 27.4 Å². The van der Waals surface area contributed by atoms with E-state index in [1.54, 1.807) is 24.3 Å². The number of hydrogen-bond donors (Lipinski definition) is 1. The van der Waals surface area contributed by atoms with Gasteiger partial charge in [0.15, 0.2) is 0 Å². The van der Waals surface area contributed by atoms with Gasteiger partial charge in [-0.25, -0.2) is 0 Å². The molecule has 1 amide bonds. The number of aryl methyl sites for hydroxylation is 1. The number of hydrogen-bond acceptors (Lipinski definition) is 5. The smallest absolute Gasteiger partial charge is 0.266 e. The van der Waals surface area contributed by atoms with Gasteiger partial charge >= 0.3 is 0 Å². The number of methoxy groups -OCH3 is 3. The summed E-state index contributed by atoms with van der Waals surface area (Å²) in [6, 6.07) is 12.5. The molecule has 0 bridgehead atoms. The van der Waals surface area contributed by atoms with E-state index >= 15 is 0 Å². The Balaban J connectivity index is 2.40. The van der Waals surface area contributed by atoms with Crippen LogP contribution in [0.3, 0.4) is 0 Å². The number of nitrogens with one attached hydrogen (secondary N) is 1. The van der Waals surface area contributed by atoms with E-state index in [0.29, 0.717) is 28.5 Å². The van der Waals surface area contributed by atoms with E-state index in [0.717, 1.165) is 5.56 Å². The van der Waals surface area contributed by atoms with Gasteiger partial charge in [-0.05, 0) is 25.1 Å². The van der Waals surface area contributed by atoms with Gasteiger partial charge in [0.25, 0.3) is 5.91 Å². The molecule has 0 saturated carbocycles. The Kier molecular flexibility index (Phi) is 6.23. The number of benzene rings is 2. The van der Waals surface area contributed by atoms with E-state index in [1.807, 2.05) is 25.1 Å². The highest BCUT2D eigenvalue weighted by Gasteiger charge is 2.16. The summed E-state index contributed by atoms with van der Waals surface area (Å²) in [5.41, 5.74) is 2.08. The Morgan fingerprint density at radius 1 is 1.04 bits per heavy atom. The van der Waals surface area contributed by atoms with Crippen LogP contribution in [0.1, 0.15) is 11.1 Å². The van der Waals surface area contributed by atoms with Gasteiger partial charge in [-0.3, -0.25) is 4.79 Å². The Morgan fingerprint density at radius 3 is 2.08 bits per heavy atom. The van der Waals surface area contributed by atoms with Crippen LogP contribution < -0.4 is 19.5 Å². The third-order valence-corrected chi connectivity index (χ3v) is 3.72. The first-order valence-electron chi connectivity index (χ1n) is 7.82. The van der Waals surface area contributed by atoms with Crippen LogP contribution in [0.15, 0.2) is 42.0 Å². The molecule has 0 saturated heterocycles. The molecule has 2 rings (SSSR count). The molecule has 2 aromatic carbocycles. The number of carbonyl (C=O) groups is 1. The maximum atomic E-state index is 12.4. The molecule has 0 spiro atoms. The summed E-state index contributed by atoms with van der Waals surface area (Å²) in [6.07, 6.45) is 1.43. The lowest BCUT2D eigenvalue weighted by molar-refractivity contribution is -0.112. The van der Waals surface area contributed by atoms with Gasteiger partial charge in [-0.15, -0.1) is 0 Å². The average molecular weight is 352 g/mol. The summed E-state index contributed by atoms with van der Waals surface area (Å²) in [5, 5.41) is 12.1. The van der Waals surface area contributed by atoms with Gasteiger partial charge in [-0.2, -0.15) is 5.26 Å². The van der Waals surface area contributed by atoms with Crippen LogP contribution in [0.5, 0.6) is 17.2 Å². The average Bonchev–Trinajstić information content (AvgIpc) is 2.67. The molecule has 0 unspecified atom stereocenters. The molecule has 0 radical (unpaired) electrons. The monoisotopic (exact) mass is 352 g/mol. The second kappa shape index (κ2) is 8.58. The van der Waals surface area contributed by atoms with Crippen LogP contribution in [-0.4, -0.2) is 27.2 Å².